The molecule has 0 saturated carbocycles. The maximum atomic E-state index is 14.0. The number of fused-ring (bicyclic) bond motifs is 1. The minimum absolute atomic E-state index is 0.0551. The second-order valence-corrected chi connectivity index (χ2v) is 22.2. The summed E-state index contributed by atoms with van der Waals surface area (Å²) in [5, 5.41) is 16.0. The number of morpholine rings is 1. The Kier molecular flexibility index (Phi) is 15.5. The first-order chi connectivity index (χ1) is 33.8. The Bertz CT molecular complexity index is 3020. The number of pyridine rings is 1. The van der Waals surface area contributed by atoms with Crippen LogP contribution in [0.5, 0.6) is 11.5 Å². The van der Waals surface area contributed by atoms with Crippen molar-refractivity contribution in [3.8, 4) is 11.5 Å². The van der Waals surface area contributed by atoms with Gasteiger partial charge in [0.15, 0.2) is 0 Å². The van der Waals surface area contributed by atoms with Gasteiger partial charge in [-0.15, -0.1) is 0 Å². The van der Waals surface area contributed by atoms with Gasteiger partial charge < -0.3 is 35.1 Å². The number of carboxylic acid groups (broad SMARTS) is 1. The van der Waals surface area contributed by atoms with Gasteiger partial charge >= 0.3 is 11.6 Å². The zero-order valence-electron chi connectivity index (χ0n) is 38.7. The Balaban J connectivity index is 1.02. The van der Waals surface area contributed by atoms with E-state index in [1.54, 1.807) is 30.5 Å². The molecule has 1 aliphatic carbocycles. The molecule has 3 aromatic carbocycles. The van der Waals surface area contributed by atoms with Crippen molar-refractivity contribution in [3.63, 3.8) is 0 Å². The summed E-state index contributed by atoms with van der Waals surface area (Å²) in [5.74, 6) is -1.03. The average molecular weight is 1040 g/mol. The highest BCUT2D eigenvalue weighted by Crippen LogP contribution is 2.43. The predicted octanol–water partition coefficient (Wildman–Crippen LogP) is 7.59. The van der Waals surface area contributed by atoms with Gasteiger partial charge in [0, 0.05) is 87.3 Å². The van der Waals surface area contributed by atoms with Gasteiger partial charge in [0.2, 0.25) is 0 Å². The summed E-state index contributed by atoms with van der Waals surface area (Å²) in [5.41, 5.74) is -2.01. The number of benzene rings is 3. The molecule has 3 aliphatic rings. The number of sulfonamides is 1. The van der Waals surface area contributed by atoms with E-state index < -0.39 is 52.8 Å². The number of piperazine rings is 1. The van der Waals surface area contributed by atoms with Crippen molar-refractivity contribution in [2.24, 2.45) is 5.41 Å². The molecule has 4 heterocycles. The number of anilines is 2. The molecule has 8 rings (SSSR count). The van der Waals surface area contributed by atoms with Crippen LogP contribution in [0.4, 0.5) is 29.3 Å². The fourth-order valence-electron chi connectivity index (χ4n) is 9.17. The first-order valence-electron chi connectivity index (χ1n) is 23.0. The van der Waals surface area contributed by atoms with E-state index in [1.807, 2.05) is 29.0 Å². The summed E-state index contributed by atoms with van der Waals surface area (Å²) in [4.78, 5) is 37.1. The SMILES string of the molecule is CC1(CNC(=O)O)CCC(c2ccc(Cl)cc2)=C(CN2CCN(c3ccc(C(=O)NS(=O)(=O)c4ccc(NCCCN5CCOCC5)c(S(=O)(=O)C(F)(F)F)c4)c(Oc4cnc5[nH]ccc5c4)c3)CC2)C1. The highest BCUT2D eigenvalue weighted by molar-refractivity contribution is 7.92. The molecule has 380 valence electrons. The number of carbonyl (C=O) groups excluding carboxylic acids is 1. The second-order valence-electron chi connectivity index (χ2n) is 18.1. The number of carbonyl (C=O) groups is 2. The van der Waals surface area contributed by atoms with Crippen LogP contribution in [0.3, 0.4) is 0 Å². The summed E-state index contributed by atoms with van der Waals surface area (Å²) < 4.78 is 109. The molecule has 1 atom stereocenters. The minimum atomic E-state index is -6.06. The molecule has 2 aromatic heterocycles. The van der Waals surface area contributed by atoms with Crippen LogP contribution >= 0.6 is 11.6 Å². The van der Waals surface area contributed by atoms with Crippen molar-refractivity contribution in [2.45, 2.75) is 47.9 Å². The summed E-state index contributed by atoms with van der Waals surface area (Å²) in [6, 6.07) is 18.0. The van der Waals surface area contributed by atoms with Crippen molar-refractivity contribution in [2.75, 3.05) is 88.9 Å². The van der Waals surface area contributed by atoms with Crippen LogP contribution in [-0.2, 0) is 24.6 Å². The van der Waals surface area contributed by atoms with Crippen molar-refractivity contribution in [1.82, 2.24) is 29.8 Å². The van der Waals surface area contributed by atoms with Crippen molar-refractivity contribution in [1.29, 1.82) is 0 Å². The van der Waals surface area contributed by atoms with E-state index in [-0.39, 0.29) is 29.0 Å². The molecule has 0 bridgehead atoms. The first kappa shape index (κ1) is 51.4. The monoisotopic (exact) mass is 1040 g/mol. The number of allylic oxidation sites excluding steroid dienone is 1. The number of sulfone groups is 1. The molecule has 17 nitrogen and oxygen atoms in total. The number of alkyl halides is 3. The van der Waals surface area contributed by atoms with Crippen LogP contribution in [-0.4, -0.2) is 138 Å². The minimum Gasteiger partial charge on any atom is -0.465 e. The molecule has 1 unspecified atom stereocenters. The van der Waals surface area contributed by atoms with Crippen LogP contribution < -0.4 is 25.0 Å². The van der Waals surface area contributed by atoms with Gasteiger partial charge in [-0.3, -0.25) is 14.6 Å². The lowest BCUT2D eigenvalue weighted by molar-refractivity contribution is -0.0435. The van der Waals surface area contributed by atoms with E-state index >= 15 is 0 Å². The number of aromatic amines is 1. The van der Waals surface area contributed by atoms with E-state index in [0.29, 0.717) is 113 Å². The van der Waals surface area contributed by atoms with Gasteiger partial charge in [-0.05, 0) is 103 Å². The molecule has 71 heavy (non-hydrogen) atoms. The van der Waals surface area contributed by atoms with Crippen LogP contribution in [0.15, 0.2) is 101 Å². The number of hydrogen-bond acceptors (Lipinski definition) is 13. The number of nitrogens with zero attached hydrogens (tertiary/aromatic N) is 4. The van der Waals surface area contributed by atoms with Crippen molar-refractivity contribution < 1.29 is 54.2 Å². The quantitative estimate of drug-likeness (QED) is 0.0568. The number of ether oxygens (including phenoxy) is 2. The lowest BCUT2D eigenvalue weighted by atomic mass is 9.71. The number of rotatable bonds is 17. The number of amides is 2. The van der Waals surface area contributed by atoms with Gasteiger partial charge in [-0.2, -0.15) is 13.2 Å². The molecule has 2 amide bonds. The lowest BCUT2D eigenvalue weighted by Gasteiger charge is -2.41. The fourth-order valence-corrected chi connectivity index (χ4v) is 11.3. The van der Waals surface area contributed by atoms with Gasteiger partial charge in [-0.1, -0.05) is 36.2 Å². The number of aromatic nitrogens is 2. The molecule has 2 fully saturated rings. The summed E-state index contributed by atoms with van der Waals surface area (Å²) in [6.45, 7) is 8.55. The standard InChI is InChI=1S/C48H54ClF3N8O9S2/c1-47(31-56-46(62)63)13-11-39(32-3-5-35(49)6-4-32)34(28-47)30-59-17-19-60(20-18-59)36-7-9-40(42(26-36)69-37-25-33-12-15-54-44(33)55-29-37)45(61)57-71(66,67)38-8-10-41(43(27-38)70(64,65)48(50,51)52)53-14-2-16-58-21-23-68-24-22-58/h3-10,12,15,25-27,29,53,56H,2,11,13-14,16-24,28,30-31H2,1H3,(H,54,55)(H,57,61)(H,62,63). The molecule has 0 spiro atoms. The van der Waals surface area contributed by atoms with Gasteiger partial charge in [0.25, 0.3) is 25.8 Å². The average Bonchev–Trinajstić information content (AvgIpc) is 3.81. The number of hydrogen-bond donors (Lipinski definition) is 5. The predicted molar refractivity (Wildman–Crippen MR) is 262 cm³/mol. The highest BCUT2D eigenvalue weighted by Gasteiger charge is 2.48. The van der Waals surface area contributed by atoms with E-state index in [0.717, 1.165) is 30.5 Å². The second kappa shape index (κ2) is 21.4. The van der Waals surface area contributed by atoms with Gasteiger partial charge in [-0.25, -0.2) is 31.3 Å². The van der Waals surface area contributed by atoms with Crippen molar-refractivity contribution >= 4 is 71.4 Å². The normalized spacial score (nSPS) is 18.6. The zero-order valence-corrected chi connectivity index (χ0v) is 41.1. The Morgan fingerprint density at radius 2 is 1.69 bits per heavy atom. The maximum absolute atomic E-state index is 14.0. The Hall–Kier alpha value is -5.91. The third-order valence-corrected chi connectivity index (χ3v) is 16.1. The third-order valence-electron chi connectivity index (χ3n) is 13.0. The number of nitrogens with one attached hydrogen (secondary N) is 4. The number of H-pyrrole nitrogens is 1. The van der Waals surface area contributed by atoms with Crippen LogP contribution in [0, 0.1) is 5.41 Å². The third kappa shape index (κ3) is 12.4. The molecular weight excluding hydrogens is 989 g/mol. The van der Waals surface area contributed by atoms with Crippen LogP contribution in [0.2, 0.25) is 5.02 Å². The lowest BCUT2D eigenvalue weighted by Crippen LogP contribution is -2.47. The van der Waals surface area contributed by atoms with Gasteiger partial charge in [0.05, 0.1) is 35.6 Å². The molecular formula is C48H54ClF3N8O9S2. The molecule has 2 saturated heterocycles. The Morgan fingerprint density at radius 3 is 2.41 bits per heavy atom. The van der Waals surface area contributed by atoms with E-state index in [4.69, 9.17) is 21.1 Å². The van der Waals surface area contributed by atoms with E-state index in [9.17, 15) is 44.7 Å². The Labute approximate surface area is 414 Å². The van der Waals surface area contributed by atoms with Crippen LogP contribution in [0.1, 0.15) is 48.5 Å². The summed E-state index contributed by atoms with van der Waals surface area (Å²) >= 11 is 6.23. The van der Waals surface area contributed by atoms with Crippen molar-refractivity contribution in [3.05, 3.63) is 107 Å². The van der Waals surface area contributed by atoms with E-state index in [2.05, 4.69) is 42.2 Å². The topological polar surface area (TPSA) is 216 Å². The number of halogens is 4. The molecule has 5 N–H and O–H groups in total. The smallest absolute Gasteiger partial charge is 0.465 e. The van der Waals surface area contributed by atoms with Crippen LogP contribution in [0.25, 0.3) is 16.6 Å². The Morgan fingerprint density at radius 1 is 0.944 bits per heavy atom. The summed E-state index contributed by atoms with van der Waals surface area (Å²) in [6.07, 6.45) is 4.75. The zero-order chi connectivity index (χ0) is 50.6. The summed E-state index contributed by atoms with van der Waals surface area (Å²) in [7, 11) is -11.1. The molecule has 23 heteroatoms. The van der Waals surface area contributed by atoms with E-state index in [1.165, 1.54) is 23.4 Å². The maximum Gasteiger partial charge on any atom is 0.501 e. The molecule has 2 aliphatic heterocycles. The first-order valence-corrected chi connectivity index (χ1v) is 26.3. The molecule has 0 radical (unpaired) electrons. The largest absolute Gasteiger partial charge is 0.501 e. The molecule has 5 aromatic rings. The highest BCUT2D eigenvalue weighted by atomic mass is 35.5. The fraction of sp³-hybridized carbons (Fsp3) is 0.396. The van der Waals surface area contributed by atoms with Gasteiger partial charge in [0.1, 0.15) is 22.0 Å².